The lowest BCUT2D eigenvalue weighted by Crippen LogP contribution is -2.21. The first-order valence-corrected chi connectivity index (χ1v) is 8.71. The molecule has 3 rings (SSSR count). The quantitative estimate of drug-likeness (QED) is 0.904. The highest BCUT2D eigenvalue weighted by molar-refractivity contribution is 8.01. The second-order valence-corrected chi connectivity index (χ2v) is 7.44. The van der Waals surface area contributed by atoms with Gasteiger partial charge < -0.3 is 9.67 Å². The van der Waals surface area contributed by atoms with Crippen LogP contribution in [0.2, 0.25) is 0 Å². The lowest BCUT2D eigenvalue weighted by atomic mass is 10.1. The Labute approximate surface area is 140 Å². The van der Waals surface area contributed by atoms with Gasteiger partial charge in [0, 0.05) is 29.2 Å². The van der Waals surface area contributed by atoms with Crippen LogP contribution < -0.4 is 5.32 Å². The van der Waals surface area contributed by atoms with Gasteiger partial charge in [-0.1, -0.05) is 12.1 Å². The zero-order valence-electron chi connectivity index (χ0n) is 13.9. The van der Waals surface area contributed by atoms with Crippen LogP contribution in [0, 0.1) is 27.7 Å². The lowest BCUT2D eigenvalue weighted by Gasteiger charge is -2.16. The second kappa shape index (κ2) is 6.06. The van der Waals surface area contributed by atoms with Crippen molar-refractivity contribution >= 4 is 17.7 Å². The van der Waals surface area contributed by atoms with E-state index in [1.807, 2.05) is 0 Å². The molecule has 5 heteroatoms. The lowest BCUT2D eigenvalue weighted by molar-refractivity contribution is -0.136. The summed E-state index contributed by atoms with van der Waals surface area (Å²) >= 11 is 1.49. The van der Waals surface area contributed by atoms with Crippen molar-refractivity contribution < 1.29 is 9.90 Å². The molecule has 0 amide bonds. The summed E-state index contributed by atoms with van der Waals surface area (Å²) in [6.07, 6.45) is 0. The molecule has 2 aromatic rings. The molecule has 0 aliphatic carbocycles. The highest BCUT2D eigenvalue weighted by atomic mass is 32.2. The second-order valence-electron chi connectivity index (χ2n) is 6.13. The number of hydrogen-bond donors (Lipinski definition) is 2. The number of aliphatic carboxylic acids is 1. The maximum atomic E-state index is 11.2. The first-order chi connectivity index (χ1) is 10.9. The van der Waals surface area contributed by atoms with Gasteiger partial charge in [-0.05, 0) is 51.0 Å². The number of aryl methyl sites for hydroxylation is 2. The van der Waals surface area contributed by atoms with Crippen LogP contribution in [0.4, 0.5) is 0 Å². The fourth-order valence-corrected chi connectivity index (χ4v) is 4.42. The molecule has 4 nitrogen and oxygen atoms in total. The number of aromatic nitrogens is 1. The molecule has 0 radical (unpaired) electrons. The molecular weight excluding hydrogens is 308 g/mol. The zero-order valence-corrected chi connectivity index (χ0v) is 14.7. The van der Waals surface area contributed by atoms with Crippen molar-refractivity contribution in [2.45, 2.75) is 38.3 Å². The molecule has 0 unspecified atom stereocenters. The number of carbonyl (C=O) groups is 1. The Hall–Kier alpha value is -1.72. The van der Waals surface area contributed by atoms with E-state index in [0.717, 1.165) is 0 Å². The van der Waals surface area contributed by atoms with Gasteiger partial charge in [0.15, 0.2) is 0 Å². The molecule has 2 N–H and O–H groups in total. The number of carboxylic acid groups (broad SMARTS) is 1. The Morgan fingerprint density at radius 1 is 1.30 bits per heavy atom. The molecule has 1 aliphatic rings. The Morgan fingerprint density at radius 2 is 2.04 bits per heavy atom. The minimum atomic E-state index is -0.742. The van der Waals surface area contributed by atoms with Gasteiger partial charge in [0.1, 0.15) is 5.25 Å². The van der Waals surface area contributed by atoms with Crippen molar-refractivity contribution in [1.29, 1.82) is 0 Å². The standard InChI is InChI=1S/C18H22N2O2S/c1-10-6-5-7-15(12(10)3)20-11(2)8-14(13(20)4)17-19-9-16(23-17)18(21)22/h5-8,16-17,19H,9H2,1-4H3,(H,21,22)/t16-,17-/m0/s1. The minimum Gasteiger partial charge on any atom is -0.480 e. The van der Waals surface area contributed by atoms with E-state index in [-0.39, 0.29) is 10.6 Å². The first kappa shape index (κ1) is 16.1. The van der Waals surface area contributed by atoms with Gasteiger partial charge in [0.2, 0.25) is 0 Å². The van der Waals surface area contributed by atoms with Crippen molar-refractivity contribution in [3.63, 3.8) is 0 Å². The predicted octanol–water partition coefficient (Wildman–Crippen LogP) is 3.50. The Bertz CT molecular complexity index is 767. The molecule has 1 aliphatic heterocycles. The van der Waals surface area contributed by atoms with E-state index in [1.165, 1.54) is 45.5 Å². The van der Waals surface area contributed by atoms with Gasteiger partial charge in [0.05, 0.1) is 5.37 Å². The topological polar surface area (TPSA) is 54.3 Å². The summed E-state index contributed by atoms with van der Waals surface area (Å²) in [6.45, 7) is 9.00. The van der Waals surface area contributed by atoms with Crippen LogP contribution in [0.1, 0.15) is 33.5 Å². The van der Waals surface area contributed by atoms with Crippen LogP contribution >= 0.6 is 11.8 Å². The summed E-state index contributed by atoms with van der Waals surface area (Å²) in [5, 5.41) is 12.2. The van der Waals surface area contributed by atoms with Crippen LogP contribution in [0.3, 0.4) is 0 Å². The average molecular weight is 330 g/mol. The molecule has 122 valence electrons. The van der Waals surface area contributed by atoms with E-state index >= 15 is 0 Å². The van der Waals surface area contributed by atoms with Crippen molar-refractivity contribution in [2.24, 2.45) is 0 Å². The maximum Gasteiger partial charge on any atom is 0.318 e. The number of benzene rings is 1. The van der Waals surface area contributed by atoms with Gasteiger partial charge in [-0.15, -0.1) is 11.8 Å². The molecular formula is C18H22N2O2S. The summed E-state index contributed by atoms with van der Waals surface area (Å²) in [6, 6.07) is 8.52. The van der Waals surface area contributed by atoms with Crippen molar-refractivity contribution in [3.8, 4) is 5.69 Å². The highest BCUT2D eigenvalue weighted by Crippen LogP contribution is 2.38. The fourth-order valence-electron chi connectivity index (χ4n) is 3.20. The number of rotatable bonds is 3. The molecule has 2 heterocycles. The van der Waals surface area contributed by atoms with Crippen LogP contribution in [0.5, 0.6) is 0 Å². The van der Waals surface area contributed by atoms with E-state index in [0.29, 0.717) is 6.54 Å². The summed E-state index contributed by atoms with van der Waals surface area (Å²) in [5.74, 6) is -0.742. The van der Waals surface area contributed by atoms with Gasteiger partial charge in [-0.3, -0.25) is 10.1 Å². The van der Waals surface area contributed by atoms with Crippen LogP contribution in [-0.4, -0.2) is 27.4 Å². The molecule has 2 atom stereocenters. The molecule has 1 saturated heterocycles. The number of thioether (sulfide) groups is 1. The first-order valence-electron chi connectivity index (χ1n) is 7.77. The fraction of sp³-hybridized carbons (Fsp3) is 0.389. The normalized spacial score (nSPS) is 20.9. The third kappa shape index (κ3) is 2.79. The smallest absolute Gasteiger partial charge is 0.318 e. The van der Waals surface area contributed by atoms with Gasteiger partial charge in [0.25, 0.3) is 0 Å². The van der Waals surface area contributed by atoms with Crippen LogP contribution in [0.15, 0.2) is 24.3 Å². The van der Waals surface area contributed by atoms with E-state index in [9.17, 15) is 9.90 Å². The van der Waals surface area contributed by atoms with Crippen molar-refractivity contribution in [1.82, 2.24) is 9.88 Å². The van der Waals surface area contributed by atoms with Gasteiger partial charge in [-0.2, -0.15) is 0 Å². The predicted molar refractivity (Wildman–Crippen MR) is 94.5 cm³/mol. The van der Waals surface area contributed by atoms with Gasteiger partial charge >= 0.3 is 5.97 Å². The SMILES string of the molecule is Cc1cccc(-n2c(C)cc([C@H]3NC[C@@H](C(=O)O)S3)c2C)c1C. The molecule has 1 aromatic carbocycles. The maximum absolute atomic E-state index is 11.2. The van der Waals surface area contributed by atoms with E-state index in [4.69, 9.17) is 0 Å². The number of carboxylic acids is 1. The Balaban J connectivity index is 2.01. The summed E-state index contributed by atoms with van der Waals surface area (Å²) < 4.78 is 2.27. The van der Waals surface area contributed by atoms with E-state index in [2.05, 4.69) is 61.8 Å². The summed E-state index contributed by atoms with van der Waals surface area (Å²) in [5.41, 5.74) is 7.27. The van der Waals surface area contributed by atoms with Crippen molar-refractivity contribution in [2.75, 3.05) is 6.54 Å². The molecule has 1 aromatic heterocycles. The highest BCUT2D eigenvalue weighted by Gasteiger charge is 2.32. The summed E-state index contributed by atoms with van der Waals surface area (Å²) in [7, 11) is 0. The Morgan fingerprint density at radius 3 is 2.70 bits per heavy atom. The van der Waals surface area contributed by atoms with Crippen LogP contribution in [0.25, 0.3) is 5.69 Å². The van der Waals surface area contributed by atoms with E-state index < -0.39 is 5.97 Å². The van der Waals surface area contributed by atoms with E-state index in [1.54, 1.807) is 0 Å². The minimum absolute atomic E-state index is 0.0427. The molecule has 0 spiro atoms. The largest absolute Gasteiger partial charge is 0.480 e. The average Bonchev–Trinajstić information content (AvgIpc) is 3.08. The summed E-state index contributed by atoms with van der Waals surface area (Å²) in [4.78, 5) is 11.2. The third-order valence-electron chi connectivity index (χ3n) is 4.63. The zero-order chi connectivity index (χ0) is 16.7. The Kier molecular flexibility index (Phi) is 4.25. The van der Waals surface area contributed by atoms with Crippen molar-refractivity contribution in [3.05, 3.63) is 52.3 Å². The number of hydrogen-bond acceptors (Lipinski definition) is 3. The van der Waals surface area contributed by atoms with Crippen LogP contribution in [-0.2, 0) is 4.79 Å². The molecule has 1 fully saturated rings. The number of nitrogens with one attached hydrogen (secondary N) is 1. The number of nitrogens with zero attached hydrogens (tertiary/aromatic N) is 1. The van der Waals surface area contributed by atoms with Gasteiger partial charge in [-0.25, -0.2) is 0 Å². The molecule has 23 heavy (non-hydrogen) atoms. The molecule has 0 saturated carbocycles. The monoisotopic (exact) mass is 330 g/mol. The third-order valence-corrected chi connectivity index (χ3v) is 6.02. The molecule has 0 bridgehead atoms.